The van der Waals surface area contributed by atoms with Crippen LogP contribution >= 0.6 is 0 Å². The van der Waals surface area contributed by atoms with Crippen molar-refractivity contribution in [2.24, 2.45) is 0 Å². The van der Waals surface area contributed by atoms with Gasteiger partial charge in [-0.05, 0) is 33.0 Å². The molecule has 33 heavy (non-hydrogen) atoms. The van der Waals surface area contributed by atoms with Gasteiger partial charge >= 0.3 is 0 Å². The van der Waals surface area contributed by atoms with Gasteiger partial charge in [0.25, 0.3) is 0 Å². The number of aromatic nitrogens is 6. The molecule has 11 heteroatoms. The number of ether oxygens (including phenoxy) is 1. The van der Waals surface area contributed by atoms with E-state index in [1.165, 1.54) is 6.20 Å². The van der Waals surface area contributed by atoms with E-state index in [9.17, 15) is 5.26 Å². The van der Waals surface area contributed by atoms with Gasteiger partial charge in [0.1, 0.15) is 31.1 Å². The summed E-state index contributed by atoms with van der Waals surface area (Å²) in [6.07, 6.45) is 7.05. The summed E-state index contributed by atoms with van der Waals surface area (Å²) in [7, 11) is 4.01. The van der Waals surface area contributed by atoms with Crippen LogP contribution in [0.15, 0.2) is 43.1 Å². The van der Waals surface area contributed by atoms with Crippen LogP contribution in [0.4, 0.5) is 17.2 Å². The quantitative estimate of drug-likeness (QED) is 0.401. The van der Waals surface area contributed by atoms with Gasteiger partial charge in [-0.2, -0.15) is 9.78 Å². The maximum absolute atomic E-state index is 9.46. The lowest BCUT2D eigenvalue weighted by atomic mass is 10.2. The number of nitriles is 1. The van der Waals surface area contributed by atoms with E-state index in [4.69, 9.17) is 4.74 Å². The number of hydrogen-bond donors (Lipinski definition) is 2. The number of nitrogens with one attached hydrogen (secondary N) is 2. The Morgan fingerprint density at radius 3 is 2.73 bits per heavy atom. The van der Waals surface area contributed by atoms with Crippen LogP contribution in [0.3, 0.4) is 0 Å². The molecule has 5 rings (SSSR count). The molecule has 0 saturated heterocycles. The highest BCUT2D eigenvalue weighted by Gasteiger charge is 2.23. The summed E-state index contributed by atoms with van der Waals surface area (Å²) in [6, 6.07) is 10.3. The molecule has 11 nitrogen and oxygen atoms in total. The van der Waals surface area contributed by atoms with E-state index in [1.807, 2.05) is 42.9 Å². The van der Waals surface area contributed by atoms with Gasteiger partial charge in [0.05, 0.1) is 17.6 Å². The predicted molar refractivity (Wildman–Crippen MR) is 123 cm³/mol. The molecule has 0 spiro atoms. The number of rotatable bonds is 9. The first kappa shape index (κ1) is 20.7. The van der Waals surface area contributed by atoms with E-state index in [2.05, 4.69) is 41.9 Å². The highest BCUT2D eigenvalue weighted by atomic mass is 16.5. The Balaban J connectivity index is 1.49. The van der Waals surface area contributed by atoms with Crippen LogP contribution in [0.25, 0.3) is 11.3 Å². The van der Waals surface area contributed by atoms with Crippen molar-refractivity contribution in [1.82, 2.24) is 34.3 Å². The largest absolute Gasteiger partial charge is 0.492 e. The van der Waals surface area contributed by atoms with Gasteiger partial charge in [-0.1, -0.05) is 0 Å². The number of likely N-dealkylation sites (N-methyl/N-ethyl adjacent to an activating group) is 1. The van der Waals surface area contributed by atoms with Gasteiger partial charge in [0.15, 0.2) is 17.2 Å². The molecule has 1 fully saturated rings. The van der Waals surface area contributed by atoms with Crippen molar-refractivity contribution in [1.29, 1.82) is 5.26 Å². The number of hydrogen-bond acceptors (Lipinski definition) is 9. The minimum atomic E-state index is 0.374. The van der Waals surface area contributed by atoms with E-state index in [-0.39, 0.29) is 0 Å². The summed E-state index contributed by atoms with van der Waals surface area (Å²) < 4.78 is 9.36. The van der Waals surface area contributed by atoms with Crippen LogP contribution in [-0.2, 0) is 0 Å². The number of fused-ring (bicyclic) bond motifs is 1. The van der Waals surface area contributed by atoms with Crippen molar-refractivity contribution in [3.8, 4) is 17.5 Å². The molecule has 0 radical (unpaired) electrons. The van der Waals surface area contributed by atoms with Crippen molar-refractivity contribution in [2.75, 3.05) is 37.9 Å². The number of imidazole rings is 1. The predicted octanol–water partition coefficient (Wildman–Crippen LogP) is 2.44. The number of anilines is 3. The molecule has 2 N–H and O–H groups in total. The highest BCUT2D eigenvalue weighted by Crippen LogP contribution is 2.30. The van der Waals surface area contributed by atoms with Gasteiger partial charge in [0.2, 0.25) is 0 Å². The van der Waals surface area contributed by atoms with Crippen LogP contribution in [0.5, 0.6) is 5.75 Å². The molecule has 0 aliphatic heterocycles. The van der Waals surface area contributed by atoms with Gasteiger partial charge < -0.3 is 20.3 Å². The summed E-state index contributed by atoms with van der Waals surface area (Å²) in [5.41, 5.74) is 3.48. The Labute approximate surface area is 190 Å². The summed E-state index contributed by atoms with van der Waals surface area (Å²) in [4.78, 5) is 6.44. The van der Waals surface area contributed by atoms with Crippen LogP contribution in [0.1, 0.15) is 18.5 Å². The highest BCUT2D eigenvalue weighted by molar-refractivity contribution is 5.74. The SMILES string of the molecule is CN(C)CCOc1cc(Nc2cc(NC3CC3)c3ncc(C#N)n3n2)cc(-n2cnnc2)c1. The Hall–Kier alpha value is -4.17. The summed E-state index contributed by atoms with van der Waals surface area (Å²) >= 11 is 0. The van der Waals surface area contributed by atoms with Gasteiger partial charge in [0, 0.05) is 36.5 Å². The van der Waals surface area contributed by atoms with E-state index in [0.717, 1.165) is 36.4 Å². The third-order valence-electron chi connectivity index (χ3n) is 5.21. The Bertz CT molecular complexity index is 1300. The zero-order valence-electron chi connectivity index (χ0n) is 18.4. The van der Waals surface area contributed by atoms with Crippen molar-refractivity contribution < 1.29 is 4.74 Å². The molecule has 0 amide bonds. The van der Waals surface area contributed by atoms with Crippen LogP contribution in [-0.4, -0.2) is 67.6 Å². The van der Waals surface area contributed by atoms with Gasteiger partial charge in [-0.15, -0.1) is 15.3 Å². The molecule has 4 aromatic rings. The fourth-order valence-electron chi connectivity index (χ4n) is 3.38. The normalized spacial score (nSPS) is 13.3. The Morgan fingerprint density at radius 2 is 2.00 bits per heavy atom. The molecule has 3 heterocycles. The topological polar surface area (TPSA) is 121 Å². The van der Waals surface area contributed by atoms with Crippen LogP contribution < -0.4 is 15.4 Å². The van der Waals surface area contributed by atoms with E-state index < -0.39 is 0 Å². The van der Waals surface area contributed by atoms with Gasteiger partial charge in [-0.25, -0.2) is 4.98 Å². The zero-order valence-corrected chi connectivity index (χ0v) is 18.4. The molecule has 3 aromatic heterocycles. The second-order valence-electron chi connectivity index (χ2n) is 8.21. The zero-order chi connectivity index (χ0) is 22.8. The molecular weight excluding hydrogens is 420 g/mol. The average Bonchev–Trinajstić information content (AvgIpc) is 3.26. The van der Waals surface area contributed by atoms with Gasteiger partial charge in [-0.3, -0.25) is 4.57 Å². The van der Waals surface area contributed by atoms with Crippen molar-refractivity contribution >= 4 is 22.8 Å². The van der Waals surface area contributed by atoms with Crippen molar-refractivity contribution in [2.45, 2.75) is 18.9 Å². The minimum Gasteiger partial charge on any atom is -0.492 e. The first-order valence-electron chi connectivity index (χ1n) is 10.7. The lowest BCUT2D eigenvalue weighted by Crippen LogP contribution is -2.19. The number of benzene rings is 1. The Kier molecular flexibility index (Phi) is 5.50. The molecule has 1 aliphatic rings. The first-order valence-corrected chi connectivity index (χ1v) is 10.7. The van der Waals surface area contributed by atoms with E-state index in [0.29, 0.717) is 35.6 Å². The summed E-state index contributed by atoms with van der Waals surface area (Å²) in [5.74, 6) is 1.29. The summed E-state index contributed by atoms with van der Waals surface area (Å²) in [6.45, 7) is 1.35. The lowest BCUT2D eigenvalue weighted by molar-refractivity contribution is 0.261. The fraction of sp³-hybridized carbons (Fsp3) is 0.318. The second kappa shape index (κ2) is 8.76. The Morgan fingerprint density at radius 1 is 1.18 bits per heavy atom. The first-order chi connectivity index (χ1) is 16.1. The minimum absolute atomic E-state index is 0.374. The third-order valence-corrected chi connectivity index (χ3v) is 5.21. The van der Waals surface area contributed by atoms with Crippen molar-refractivity contribution in [3.05, 3.63) is 48.8 Å². The lowest BCUT2D eigenvalue weighted by Gasteiger charge is -2.15. The smallest absolute Gasteiger partial charge is 0.178 e. The standard InChI is InChI=1S/C22H24N10O/c1-30(2)5-6-33-19-8-16(7-17(9-19)31-13-25-26-14-31)28-21-10-20(27-15-3-4-15)22-24-12-18(11-23)32(22)29-21/h7-10,12-15,27H,3-6H2,1-2H3,(H,28,29). The molecule has 0 unspecified atom stereocenters. The monoisotopic (exact) mass is 444 g/mol. The maximum Gasteiger partial charge on any atom is 0.178 e. The van der Waals surface area contributed by atoms with Crippen LogP contribution in [0, 0.1) is 11.3 Å². The maximum atomic E-state index is 9.46. The van der Waals surface area contributed by atoms with E-state index in [1.54, 1.807) is 17.2 Å². The molecule has 0 bridgehead atoms. The number of nitrogens with zero attached hydrogens (tertiary/aromatic N) is 8. The van der Waals surface area contributed by atoms with Crippen molar-refractivity contribution in [3.63, 3.8) is 0 Å². The summed E-state index contributed by atoms with van der Waals surface area (Å²) in [5, 5.41) is 28.7. The molecular formula is C22H24N10O. The molecule has 1 aromatic carbocycles. The van der Waals surface area contributed by atoms with E-state index >= 15 is 0 Å². The fourth-order valence-corrected chi connectivity index (χ4v) is 3.38. The average molecular weight is 445 g/mol. The third kappa shape index (κ3) is 4.70. The molecule has 1 aliphatic carbocycles. The van der Waals surface area contributed by atoms with Crippen LogP contribution in [0.2, 0.25) is 0 Å². The molecule has 168 valence electrons. The molecule has 0 atom stereocenters. The second-order valence-corrected chi connectivity index (χ2v) is 8.21. The molecule has 1 saturated carbocycles.